The molecule has 0 spiro atoms. The van der Waals surface area contributed by atoms with E-state index in [2.05, 4.69) is 0 Å². The van der Waals surface area contributed by atoms with Gasteiger partial charge in [0.1, 0.15) is 0 Å². The van der Waals surface area contributed by atoms with E-state index in [1.807, 2.05) is 13.8 Å². The summed E-state index contributed by atoms with van der Waals surface area (Å²) >= 11 is 0. The van der Waals surface area contributed by atoms with E-state index in [1.165, 1.54) is 12.1 Å². The fourth-order valence-corrected chi connectivity index (χ4v) is 1.51. The Hall–Kier alpha value is -1.46. The molecule has 0 N–H and O–H groups in total. The maximum absolute atomic E-state index is 12.9. The summed E-state index contributed by atoms with van der Waals surface area (Å²) in [5.74, 6) is -7.44. The van der Waals surface area contributed by atoms with E-state index < -0.39 is 23.4 Å². The van der Waals surface area contributed by atoms with Gasteiger partial charge in [-0.3, -0.25) is 4.79 Å². The number of Topliss-reactive ketones (excluding diaryl/α,β-unsaturated/α-hetero) is 1. The summed E-state index contributed by atoms with van der Waals surface area (Å²) in [5.41, 5.74) is 0.142. The maximum Gasteiger partial charge on any atom is 0.461 e. The van der Waals surface area contributed by atoms with Gasteiger partial charge in [0.15, 0.2) is 0 Å². The highest BCUT2D eigenvalue weighted by Gasteiger charge is 2.63. The second kappa shape index (κ2) is 5.27. The fourth-order valence-electron chi connectivity index (χ4n) is 1.51. The zero-order valence-corrected chi connectivity index (χ0v) is 10.4. The van der Waals surface area contributed by atoms with Crippen molar-refractivity contribution in [3.63, 3.8) is 0 Å². The molecular weight excluding hydrogens is 267 g/mol. The molecule has 0 bridgehead atoms. The molecular formula is C13H13F5O. The Morgan fingerprint density at radius 2 is 1.58 bits per heavy atom. The van der Waals surface area contributed by atoms with Crippen LogP contribution in [-0.4, -0.2) is 17.9 Å². The fraction of sp³-hybridized carbons (Fsp3) is 0.462. The lowest BCUT2D eigenvalue weighted by Crippen LogP contribution is -2.44. The van der Waals surface area contributed by atoms with Gasteiger partial charge >= 0.3 is 12.1 Å². The topological polar surface area (TPSA) is 17.1 Å². The molecule has 19 heavy (non-hydrogen) atoms. The molecule has 0 aromatic heterocycles. The van der Waals surface area contributed by atoms with Crippen LogP contribution in [0, 0.1) is 0 Å². The Morgan fingerprint density at radius 3 is 1.95 bits per heavy atom. The third-order valence-electron chi connectivity index (χ3n) is 3.00. The Kier molecular flexibility index (Phi) is 4.32. The average Bonchev–Trinajstić information content (AvgIpc) is 2.35. The van der Waals surface area contributed by atoms with Crippen molar-refractivity contribution in [1.82, 2.24) is 0 Å². The minimum Gasteiger partial charge on any atom is -0.287 e. The minimum atomic E-state index is -5.88. The van der Waals surface area contributed by atoms with Gasteiger partial charge in [-0.1, -0.05) is 38.1 Å². The minimum absolute atomic E-state index is 0.146. The Morgan fingerprint density at radius 1 is 1.11 bits per heavy atom. The molecule has 0 fully saturated rings. The van der Waals surface area contributed by atoms with Crippen molar-refractivity contribution < 1.29 is 26.7 Å². The summed E-state index contributed by atoms with van der Waals surface area (Å²) in [6.07, 6.45) is -5.08. The predicted molar refractivity (Wildman–Crippen MR) is 60.5 cm³/mol. The van der Waals surface area contributed by atoms with Gasteiger partial charge in [0, 0.05) is 5.56 Å². The summed E-state index contributed by atoms with van der Waals surface area (Å²) in [6.45, 7) is 3.81. The lowest BCUT2D eigenvalue weighted by molar-refractivity contribution is -0.255. The molecule has 1 aromatic rings. The van der Waals surface area contributed by atoms with Crippen LogP contribution in [0.15, 0.2) is 24.3 Å². The first kappa shape index (κ1) is 15.6. The molecule has 1 rings (SSSR count). The predicted octanol–water partition coefficient (Wildman–Crippen LogP) is 4.58. The standard InChI is InChI=1S/C13H13F5O/c1-3-8(2)9-4-6-10(7-5-9)11(19)12(14,15)13(16,17)18/h4-8H,3H2,1-2H3. The Bertz CT molecular complexity index is 447. The summed E-state index contributed by atoms with van der Waals surface area (Å²) < 4.78 is 61.9. The number of halogens is 5. The van der Waals surface area contributed by atoms with Gasteiger partial charge in [-0.25, -0.2) is 0 Å². The Balaban J connectivity index is 3.02. The van der Waals surface area contributed by atoms with Gasteiger partial charge in [0.2, 0.25) is 5.78 Å². The van der Waals surface area contributed by atoms with Crippen molar-refractivity contribution in [2.24, 2.45) is 0 Å². The zero-order valence-electron chi connectivity index (χ0n) is 10.4. The molecule has 0 aliphatic heterocycles. The molecule has 0 saturated heterocycles. The third-order valence-corrected chi connectivity index (χ3v) is 3.00. The first-order valence-corrected chi connectivity index (χ1v) is 5.70. The number of rotatable bonds is 4. The Labute approximate surface area is 107 Å². The summed E-state index contributed by atoms with van der Waals surface area (Å²) in [7, 11) is 0. The number of carbonyl (C=O) groups excluding carboxylic acids is 1. The second-order valence-corrected chi connectivity index (χ2v) is 4.33. The second-order valence-electron chi connectivity index (χ2n) is 4.33. The van der Waals surface area contributed by atoms with E-state index in [0.717, 1.165) is 24.1 Å². The number of ketones is 1. The highest BCUT2D eigenvalue weighted by atomic mass is 19.4. The number of carbonyl (C=O) groups is 1. The molecule has 106 valence electrons. The number of hydrogen-bond donors (Lipinski definition) is 0. The SMILES string of the molecule is CCC(C)c1ccc(C(=O)C(F)(F)C(F)(F)F)cc1. The lowest BCUT2D eigenvalue weighted by Gasteiger charge is -2.18. The molecule has 1 aromatic carbocycles. The quantitative estimate of drug-likeness (QED) is 0.582. The van der Waals surface area contributed by atoms with Crippen LogP contribution in [0.3, 0.4) is 0 Å². The van der Waals surface area contributed by atoms with Gasteiger partial charge in [-0.2, -0.15) is 22.0 Å². The van der Waals surface area contributed by atoms with E-state index >= 15 is 0 Å². The monoisotopic (exact) mass is 280 g/mol. The van der Waals surface area contributed by atoms with Crippen LogP contribution in [0.5, 0.6) is 0 Å². The number of hydrogen-bond acceptors (Lipinski definition) is 1. The van der Waals surface area contributed by atoms with Crippen molar-refractivity contribution in [2.75, 3.05) is 0 Å². The highest BCUT2D eigenvalue weighted by Crippen LogP contribution is 2.38. The lowest BCUT2D eigenvalue weighted by atomic mass is 9.96. The van der Waals surface area contributed by atoms with Crippen molar-refractivity contribution in [1.29, 1.82) is 0 Å². The van der Waals surface area contributed by atoms with Crippen LogP contribution in [0.25, 0.3) is 0 Å². The molecule has 1 unspecified atom stereocenters. The van der Waals surface area contributed by atoms with Gasteiger partial charge in [-0.15, -0.1) is 0 Å². The van der Waals surface area contributed by atoms with Crippen LogP contribution in [0.1, 0.15) is 42.1 Å². The first-order valence-electron chi connectivity index (χ1n) is 5.70. The van der Waals surface area contributed by atoms with Gasteiger partial charge in [0.05, 0.1) is 0 Å². The molecule has 6 heteroatoms. The summed E-state index contributed by atoms with van der Waals surface area (Å²) in [4.78, 5) is 11.2. The van der Waals surface area contributed by atoms with Crippen molar-refractivity contribution in [3.8, 4) is 0 Å². The molecule has 0 aliphatic carbocycles. The molecule has 0 aliphatic rings. The third kappa shape index (κ3) is 3.11. The average molecular weight is 280 g/mol. The van der Waals surface area contributed by atoms with Crippen molar-refractivity contribution in [2.45, 2.75) is 38.3 Å². The van der Waals surface area contributed by atoms with E-state index in [4.69, 9.17) is 0 Å². The molecule has 0 radical (unpaired) electrons. The van der Waals surface area contributed by atoms with Crippen molar-refractivity contribution in [3.05, 3.63) is 35.4 Å². The smallest absolute Gasteiger partial charge is 0.287 e. The maximum atomic E-state index is 12.9. The van der Waals surface area contributed by atoms with E-state index in [9.17, 15) is 26.7 Å². The van der Waals surface area contributed by atoms with E-state index in [0.29, 0.717) is 0 Å². The van der Waals surface area contributed by atoms with Gasteiger partial charge in [0.25, 0.3) is 0 Å². The van der Waals surface area contributed by atoms with E-state index in [-0.39, 0.29) is 5.92 Å². The number of benzene rings is 1. The van der Waals surface area contributed by atoms with Crippen LogP contribution in [0.2, 0.25) is 0 Å². The zero-order chi connectivity index (χ0) is 14.8. The highest BCUT2D eigenvalue weighted by molar-refractivity contribution is 6.01. The van der Waals surface area contributed by atoms with Gasteiger partial charge in [-0.05, 0) is 17.9 Å². The van der Waals surface area contributed by atoms with Crippen LogP contribution >= 0.6 is 0 Å². The molecule has 1 nitrogen and oxygen atoms in total. The molecule has 0 heterocycles. The molecule has 1 atom stereocenters. The summed E-state index contributed by atoms with van der Waals surface area (Å²) in [6, 6.07) is 4.80. The van der Waals surface area contributed by atoms with Crippen LogP contribution < -0.4 is 0 Å². The van der Waals surface area contributed by atoms with Gasteiger partial charge < -0.3 is 0 Å². The normalized spacial score (nSPS) is 14.3. The molecule has 0 saturated carbocycles. The first-order chi connectivity index (χ1) is 8.61. The van der Waals surface area contributed by atoms with Crippen molar-refractivity contribution >= 4 is 5.78 Å². The summed E-state index contributed by atoms with van der Waals surface area (Å²) in [5, 5.41) is 0. The number of alkyl halides is 5. The van der Waals surface area contributed by atoms with Crippen LogP contribution in [0.4, 0.5) is 22.0 Å². The van der Waals surface area contributed by atoms with Crippen LogP contribution in [-0.2, 0) is 0 Å². The molecule has 0 amide bonds. The largest absolute Gasteiger partial charge is 0.461 e. The van der Waals surface area contributed by atoms with E-state index in [1.54, 1.807) is 0 Å².